The topological polar surface area (TPSA) is 58.6 Å². The van der Waals surface area contributed by atoms with Crippen LogP contribution in [0, 0.1) is 0 Å². The van der Waals surface area contributed by atoms with E-state index in [0.29, 0.717) is 19.6 Å². The van der Waals surface area contributed by atoms with Crippen molar-refractivity contribution in [1.82, 2.24) is 9.62 Å². The van der Waals surface area contributed by atoms with Crippen molar-refractivity contribution in [3.8, 4) is 0 Å². The lowest BCUT2D eigenvalue weighted by Gasteiger charge is -2.21. The molecule has 0 radical (unpaired) electrons. The Bertz CT molecular complexity index is 288. The van der Waals surface area contributed by atoms with Crippen molar-refractivity contribution in [2.75, 3.05) is 39.6 Å². The van der Waals surface area contributed by atoms with Crippen LogP contribution in [0.25, 0.3) is 0 Å². The number of nitrogens with zero attached hydrogens (tertiary/aromatic N) is 1. The van der Waals surface area contributed by atoms with Crippen molar-refractivity contribution in [3.63, 3.8) is 0 Å². The number of rotatable bonds is 9. The van der Waals surface area contributed by atoms with Crippen molar-refractivity contribution in [1.29, 1.82) is 0 Å². The summed E-state index contributed by atoms with van der Waals surface area (Å²) in [5.41, 5.74) is 0. The Morgan fingerprint density at radius 2 is 2.12 bits per heavy atom. The fraction of sp³-hybridized carbons (Fsp3) is 1.00. The van der Waals surface area contributed by atoms with Crippen molar-refractivity contribution in [2.24, 2.45) is 0 Å². The number of ether oxygens (including phenoxy) is 1. The third-order valence-electron chi connectivity index (χ3n) is 2.66. The Labute approximate surface area is 98.2 Å². The van der Waals surface area contributed by atoms with Crippen LogP contribution in [0.3, 0.4) is 0 Å². The third-order valence-corrected chi connectivity index (χ3v) is 4.66. The molecule has 0 aromatic carbocycles. The van der Waals surface area contributed by atoms with Gasteiger partial charge in [0.05, 0.1) is 12.4 Å². The number of methoxy groups -OCH3 is 1. The molecule has 0 heterocycles. The van der Waals surface area contributed by atoms with Gasteiger partial charge in [-0.2, -0.15) is 4.31 Å². The fourth-order valence-electron chi connectivity index (χ4n) is 1.64. The van der Waals surface area contributed by atoms with Gasteiger partial charge in [0.25, 0.3) is 0 Å². The van der Waals surface area contributed by atoms with Gasteiger partial charge in [-0.3, -0.25) is 0 Å². The molecule has 0 saturated heterocycles. The van der Waals surface area contributed by atoms with Crippen LogP contribution in [-0.2, 0) is 14.8 Å². The summed E-state index contributed by atoms with van der Waals surface area (Å²) in [6, 6.07) is 0.231. The van der Waals surface area contributed by atoms with E-state index in [9.17, 15) is 8.42 Å². The van der Waals surface area contributed by atoms with E-state index in [2.05, 4.69) is 5.32 Å². The fourth-order valence-corrected chi connectivity index (χ4v) is 3.40. The van der Waals surface area contributed by atoms with Gasteiger partial charge < -0.3 is 10.1 Å². The number of hydrogen-bond donors (Lipinski definition) is 1. The molecule has 0 unspecified atom stereocenters. The highest BCUT2D eigenvalue weighted by Crippen LogP contribution is 2.29. The van der Waals surface area contributed by atoms with Gasteiger partial charge >= 0.3 is 0 Å². The maximum absolute atomic E-state index is 12.0. The van der Waals surface area contributed by atoms with Gasteiger partial charge in [0.2, 0.25) is 10.0 Å². The first-order valence-electron chi connectivity index (χ1n) is 5.75. The monoisotopic (exact) mass is 250 g/mol. The van der Waals surface area contributed by atoms with E-state index >= 15 is 0 Å². The zero-order valence-corrected chi connectivity index (χ0v) is 10.9. The lowest BCUT2D eigenvalue weighted by Crippen LogP contribution is -2.37. The molecule has 0 bridgehead atoms. The lowest BCUT2D eigenvalue weighted by atomic mass is 10.5. The molecule has 0 amide bonds. The molecular weight excluding hydrogens is 228 g/mol. The molecule has 16 heavy (non-hydrogen) atoms. The summed E-state index contributed by atoms with van der Waals surface area (Å²) in [5.74, 6) is 0.230. The minimum Gasteiger partial charge on any atom is -0.383 e. The number of hydrogen-bond acceptors (Lipinski definition) is 4. The zero-order valence-electron chi connectivity index (χ0n) is 10.1. The molecule has 6 heteroatoms. The molecule has 1 fully saturated rings. The van der Waals surface area contributed by atoms with E-state index in [4.69, 9.17) is 4.74 Å². The van der Waals surface area contributed by atoms with Crippen molar-refractivity contribution in [2.45, 2.75) is 25.3 Å². The molecule has 1 aliphatic carbocycles. The van der Waals surface area contributed by atoms with Crippen LogP contribution in [0.1, 0.15) is 19.3 Å². The Balaban J connectivity index is 2.47. The zero-order chi connectivity index (χ0) is 12.0. The van der Waals surface area contributed by atoms with Gasteiger partial charge in [-0.1, -0.05) is 0 Å². The van der Waals surface area contributed by atoms with Gasteiger partial charge in [0.15, 0.2) is 0 Å². The Morgan fingerprint density at radius 3 is 2.62 bits per heavy atom. The van der Waals surface area contributed by atoms with E-state index in [1.165, 1.54) is 0 Å². The predicted molar refractivity (Wildman–Crippen MR) is 63.9 cm³/mol. The van der Waals surface area contributed by atoms with Crippen LogP contribution in [0.15, 0.2) is 0 Å². The normalized spacial score (nSPS) is 16.9. The van der Waals surface area contributed by atoms with E-state index in [1.54, 1.807) is 11.4 Å². The van der Waals surface area contributed by atoms with Crippen LogP contribution in [-0.4, -0.2) is 58.4 Å². The molecule has 0 spiro atoms. The lowest BCUT2D eigenvalue weighted by molar-refractivity contribution is 0.177. The smallest absolute Gasteiger partial charge is 0.214 e. The molecule has 0 aromatic heterocycles. The minimum atomic E-state index is -3.09. The standard InChI is InChI=1S/C10H22N2O3S/c1-11-6-3-9-16(13,14)12(7-8-15-2)10-4-5-10/h10-11H,3-9H2,1-2H3. The average molecular weight is 250 g/mol. The second-order valence-electron chi connectivity index (χ2n) is 4.11. The maximum atomic E-state index is 12.0. The molecule has 5 nitrogen and oxygen atoms in total. The summed E-state index contributed by atoms with van der Waals surface area (Å²) in [7, 11) is 0.335. The number of sulfonamides is 1. The van der Waals surface area contributed by atoms with Gasteiger partial charge in [-0.05, 0) is 32.9 Å². The Morgan fingerprint density at radius 1 is 1.44 bits per heavy atom. The average Bonchev–Trinajstić information content (AvgIpc) is 3.02. The van der Waals surface area contributed by atoms with Crippen LogP contribution < -0.4 is 5.32 Å². The van der Waals surface area contributed by atoms with Crippen molar-refractivity contribution < 1.29 is 13.2 Å². The van der Waals surface area contributed by atoms with Gasteiger partial charge in [0, 0.05) is 19.7 Å². The largest absolute Gasteiger partial charge is 0.383 e. The first-order valence-corrected chi connectivity index (χ1v) is 7.36. The van der Waals surface area contributed by atoms with Crippen LogP contribution in [0.4, 0.5) is 0 Å². The molecule has 1 N–H and O–H groups in total. The van der Waals surface area contributed by atoms with E-state index < -0.39 is 10.0 Å². The maximum Gasteiger partial charge on any atom is 0.214 e. The summed E-state index contributed by atoms with van der Waals surface area (Å²) in [6.07, 6.45) is 2.65. The van der Waals surface area contributed by atoms with Gasteiger partial charge in [0.1, 0.15) is 0 Å². The molecule has 0 atom stereocenters. The summed E-state index contributed by atoms with van der Waals surface area (Å²) in [5, 5.41) is 2.96. The summed E-state index contributed by atoms with van der Waals surface area (Å²) >= 11 is 0. The van der Waals surface area contributed by atoms with Gasteiger partial charge in [-0.15, -0.1) is 0 Å². The van der Waals surface area contributed by atoms with E-state index in [0.717, 1.165) is 19.4 Å². The number of nitrogens with one attached hydrogen (secondary N) is 1. The molecule has 1 saturated carbocycles. The van der Waals surface area contributed by atoms with Gasteiger partial charge in [-0.25, -0.2) is 8.42 Å². The molecule has 96 valence electrons. The van der Waals surface area contributed by atoms with E-state index in [1.807, 2.05) is 7.05 Å². The first-order chi connectivity index (χ1) is 7.61. The summed E-state index contributed by atoms with van der Waals surface area (Å²) in [6.45, 7) is 1.70. The van der Waals surface area contributed by atoms with Crippen molar-refractivity contribution >= 4 is 10.0 Å². The van der Waals surface area contributed by atoms with Crippen molar-refractivity contribution in [3.05, 3.63) is 0 Å². The van der Waals surface area contributed by atoms with E-state index in [-0.39, 0.29) is 11.8 Å². The third kappa shape index (κ3) is 4.37. The highest BCUT2D eigenvalue weighted by molar-refractivity contribution is 7.89. The summed E-state index contributed by atoms with van der Waals surface area (Å²) < 4.78 is 30.6. The SMILES string of the molecule is CNCCCS(=O)(=O)N(CCOC)C1CC1. The Kier molecular flexibility index (Phi) is 5.68. The first kappa shape index (κ1) is 13.9. The molecule has 0 aromatic rings. The molecule has 0 aliphatic heterocycles. The van der Waals surface area contributed by atoms with Crippen LogP contribution in [0.5, 0.6) is 0 Å². The molecule has 1 rings (SSSR count). The second kappa shape index (κ2) is 6.54. The predicted octanol–water partition coefficient (Wildman–Crippen LogP) is 0.0365. The van der Waals surface area contributed by atoms with Crippen LogP contribution in [0.2, 0.25) is 0 Å². The molecular formula is C10H22N2O3S. The molecule has 1 aliphatic rings. The van der Waals surface area contributed by atoms with Crippen LogP contribution >= 0.6 is 0 Å². The minimum absolute atomic E-state index is 0.230. The highest BCUT2D eigenvalue weighted by atomic mass is 32.2. The Hall–Kier alpha value is -0.170. The highest BCUT2D eigenvalue weighted by Gasteiger charge is 2.36. The summed E-state index contributed by atoms with van der Waals surface area (Å²) in [4.78, 5) is 0. The second-order valence-corrected chi connectivity index (χ2v) is 6.15. The quantitative estimate of drug-likeness (QED) is 0.587.